The molecule has 0 saturated heterocycles. The summed E-state index contributed by atoms with van der Waals surface area (Å²) in [6.07, 6.45) is -0.211. The maximum absolute atomic E-state index is 9.50. The molecule has 0 aliphatic carbocycles. The summed E-state index contributed by atoms with van der Waals surface area (Å²) in [6, 6.07) is 0. The second kappa shape index (κ2) is 4.59. The Labute approximate surface area is 49.0 Å². The molecule has 0 aliphatic rings. The Morgan fingerprint density at radius 2 is 2.50 bits per heavy atom. The normalized spacial score (nSPS) is 12.8. The minimum absolute atomic E-state index is 0.211. The molecule has 1 atom stereocenters. The zero-order valence-corrected chi connectivity index (χ0v) is 5.10. The van der Waals surface area contributed by atoms with Gasteiger partial charge in [-0.3, -0.25) is 5.32 Å². The largest absolute Gasteiger partial charge is 0.438 e. The molecule has 47 valence electrons. The van der Waals surface area contributed by atoms with Crippen molar-refractivity contribution in [1.29, 1.82) is 0 Å². The van der Waals surface area contributed by atoms with Gasteiger partial charge in [0.05, 0.1) is 0 Å². The first-order valence-electron chi connectivity index (χ1n) is 2.57. The van der Waals surface area contributed by atoms with Gasteiger partial charge < -0.3 is 4.74 Å². The lowest BCUT2D eigenvalue weighted by Crippen LogP contribution is -2.27. The van der Waals surface area contributed by atoms with E-state index in [-0.39, 0.29) is 6.23 Å². The van der Waals surface area contributed by atoms with Crippen molar-refractivity contribution < 1.29 is 9.53 Å². The maximum atomic E-state index is 9.50. The van der Waals surface area contributed by atoms with Crippen LogP contribution in [0.4, 0.5) is 0 Å². The summed E-state index contributed by atoms with van der Waals surface area (Å²) in [5.74, 6) is 0. The van der Waals surface area contributed by atoms with Gasteiger partial charge in [-0.1, -0.05) is 6.92 Å². The lowest BCUT2D eigenvalue weighted by molar-refractivity contribution is 0.162. The summed E-state index contributed by atoms with van der Waals surface area (Å²) in [5.41, 5.74) is 0. The van der Waals surface area contributed by atoms with Crippen LogP contribution in [0.2, 0.25) is 0 Å². The Balaban J connectivity index is 3.03. The van der Waals surface area contributed by atoms with E-state index in [1.54, 1.807) is 6.92 Å². The molecule has 0 rings (SSSR count). The summed E-state index contributed by atoms with van der Waals surface area (Å²) in [4.78, 5) is 9.50. The number of ether oxygens (including phenoxy) is 1. The van der Waals surface area contributed by atoms with Crippen molar-refractivity contribution in [2.75, 3.05) is 6.54 Å². The topological polar surface area (TPSA) is 38.3 Å². The highest BCUT2D eigenvalue weighted by Gasteiger charge is 1.94. The molecular formula is C5H10NO2. The predicted molar refractivity (Wildman–Crippen MR) is 29.9 cm³/mol. The standard InChI is InChI=1S/C5H10NO2/c1-3-6-5(2)8-4-7/h5-6H,3H2,1-2H3. The molecule has 0 aromatic carbocycles. The highest BCUT2D eigenvalue weighted by Crippen LogP contribution is 1.77. The van der Waals surface area contributed by atoms with Crippen LogP contribution in [0.25, 0.3) is 0 Å². The first-order valence-corrected chi connectivity index (χ1v) is 2.57. The number of carbonyl (C=O) groups excluding carboxylic acids is 1. The molecule has 3 heteroatoms. The van der Waals surface area contributed by atoms with Gasteiger partial charge in [-0.05, 0) is 13.5 Å². The molecule has 0 aromatic heterocycles. The van der Waals surface area contributed by atoms with E-state index in [1.165, 1.54) is 6.47 Å². The Hall–Kier alpha value is -0.570. The molecule has 3 nitrogen and oxygen atoms in total. The van der Waals surface area contributed by atoms with E-state index in [4.69, 9.17) is 0 Å². The minimum Gasteiger partial charge on any atom is -0.438 e. The van der Waals surface area contributed by atoms with Gasteiger partial charge in [0.1, 0.15) is 0 Å². The quantitative estimate of drug-likeness (QED) is 0.526. The molecule has 0 fully saturated rings. The molecule has 1 N–H and O–H groups in total. The number of hydrogen-bond acceptors (Lipinski definition) is 3. The molecule has 0 aliphatic heterocycles. The van der Waals surface area contributed by atoms with Crippen LogP contribution in [0, 0.1) is 0 Å². The van der Waals surface area contributed by atoms with Crippen molar-refractivity contribution in [3.63, 3.8) is 0 Å². The summed E-state index contributed by atoms with van der Waals surface area (Å²) in [6.45, 7) is 5.81. The third kappa shape index (κ3) is 3.61. The van der Waals surface area contributed by atoms with E-state index in [9.17, 15) is 4.79 Å². The second-order valence-electron chi connectivity index (χ2n) is 1.40. The van der Waals surface area contributed by atoms with Gasteiger partial charge >= 0.3 is 6.47 Å². The van der Waals surface area contributed by atoms with Crippen LogP contribution in [0.15, 0.2) is 0 Å². The molecular weight excluding hydrogens is 106 g/mol. The first-order chi connectivity index (χ1) is 3.81. The van der Waals surface area contributed by atoms with Gasteiger partial charge in [0.15, 0.2) is 6.23 Å². The lowest BCUT2D eigenvalue weighted by atomic mass is 10.6. The first kappa shape index (κ1) is 7.43. The zero-order valence-electron chi connectivity index (χ0n) is 5.10. The summed E-state index contributed by atoms with van der Waals surface area (Å²) in [5, 5.41) is 2.86. The van der Waals surface area contributed by atoms with Gasteiger partial charge in [-0.15, -0.1) is 0 Å². The van der Waals surface area contributed by atoms with Crippen LogP contribution in [0.1, 0.15) is 13.8 Å². The van der Waals surface area contributed by atoms with Crippen molar-refractivity contribution in [3.05, 3.63) is 0 Å². The van der Waals surface area contributed by atoms with E-state index in [2.05, 4.69) is 10.1 Å². The summed E-state index contributed by atoms with van der Waals surface area (Å²) < 4.78 is 4.37. The van der Waals surface area contributed by atoms with Gasteiger partial charge in [-0.2, -0.15) is 0 Å². The molecule has 8 heavy (non-hydrogen) atoms. The van der Waals surface area contributed by atoms with Crippen molar-refractivity contribution >= 4 is 6.47 Å². The fourth-order valence-electron chi connectivity index (χ4n) is 0.401. The second-order valence-corrected chi connectivity index (χ2v) is 1.40. The van der Waals surface area contributed by atoms with Crippen LogP contribution in [-0.4, -0.2) is 19.2 Å². The van der Waals surface area contributed by atoms with Crippen LogP contribution in [0.5, 0.6) is 0 Å². The van der Waals surface area contributed by atoms with Crippen LogP contribution < -0.4 is 5.32 Å². The summed E-state index contributed by atoms with van der Waals surface area (Å²) in [7, 11) is 0. The van der Waals surface area contributed by atoms with Crippen molar-refractivity contribution in [1.82, 2.24) is 5.32 Å². The van der Waals surface area contributed by atoms with Gasteiger partial charge in [0.25, 0.3) is 0 Å². The smallest absolute Gasteiger partial charge is 0.419 e. The Morgan fingerprint density at radius 1 is 1.88 bits per heavy atom. The molecule has 1 radical (unpaired) electrons. The van der Waals surface area contributed by atoms with Crippen molar-refractivity contribution in [2.45, 2.75) is 20.1 Å². The molecule has 0 saturated carbocycles. The van der Waals surface area contributed by atoms with Crippen LogP contribution in [-0.2, 0) is 9.53 Å². The molecule has 0 spiro atoms. The van der Waals surface area contributed by atoms with Crippen LogP contribution in [0.3, 0.4) is 0 Å². The van der Waals surface area contributed by atoms with Gasteiger partial charge in [-0.25, -0.2) is 4.79 Å². The lowest BCUT2D eigenvalue weighted by Gasteiger charge is -2.06. The molecule has 0 amide bonds. The van der Waals surface area contributed by atoms with Gasteiger partial charge in [0.2, 0.25) is 0 Å². The van der Waals surface area contributed by atoms with Crippen molar-refractivity contribution in [2.24, 2.45) is 0 Å². The molecule has 0 aromatic rings. The molecule has 0 bridgehead atoms. The monoisotopic (exact) mass is 116 g/mol. The SMILES string of the molecule is CCNC(C)O[C]=O. The fourth-order valence-corrected chi connectivity index (χ4v) is 0.401. The fraction of sp³-hybridized carbons (Fsp3) is 0.800. The third-order valence-electron chi connectivity index (χ3n) is 0.716. The zero-order chi connectivity index (χ0) is 6.41. The Bertz CT molecular complexity index is 65.4. The predicted octanol–water partition coefficient (Wildman–Crippen LogP) is 0.0257. The highest BCUT2D eigenvalue weighted by molar-refractivity contribution is 5.38. The number of hydrogen-bond donors (Lipinski definition) is 1. The maximum Gasteiger partial charge on any atom is 0.419 e. The van der Waals surface area contributed by atoms with E-state index < -0.39 is 0 Å². The molecule has 1 unspecified atom stereocenters. The minimum atomic E-state index is -0.211. The highest BCUT2D eigenvalue weighted by atomic mass is 16.5. The number of nitrogens with one attached hydrogen (secondary N) is 1. The average Bonchev–Trinajstić information content (AvgIpc) is 1.68. The molecule has 0 heterocycles. The number of rotatable bonds is 4. The van der Waals surface area contributed by atoms with Crippen molar-refractivity contribution in [3.8, 4) is 0 Å². The third-order valence-corrected chi connectivity index (χ3v) is 0.716. The van der Waals surface area contributed by atoms with Gasteiger partial charge in [0, 0.05) is 0 Å². The Morgan fingerprint density at radius 3 is 2.88 bits per heavy atom. The summed E-state index contributed by atoms with van der Waals surface area (Å²) >= 11 is 0. The van der Waals surface area contributed by atoms with Crippen LogP contribution >= 0.6 is 0 Å². The average molecular weight is 116 g/mol. The van der Waals surface area contributed by atoms with E-state index in [1.807, 2.05) is 6.92 Å². The van der Waals surface area contributed by atoms with E-state index in [0.717, 1.165) is 6.54 Å². The van der Waals surface area contributed by atoms with E-state index in [0.29, 0.717) is 0 Å². The Kier molecular flexibility index (Phi) is 4.26. The van der Waals surface area contributed by atoms with E-state index >= 15 is 0 Å².